The van der Waals surface area contributed by atoms with E-state index in [4.69, 9.17) is 5.73 Å². The molecule has 5 rings (SSSR count). The van der Waals surface area contributed by atoms with E-state index in [2.05, 4.69) is 64.9 Å². The molecule has 1 heterocycles. The van der Waals surface area contributed by atoms with Gasteiger partial charge in [0.2, 0.25) is 5.91 Å². The summed E-state index contributed by atoms with van der Waals surface area (Å²) >= 11 is 0. The molecule has 4 nitrogen and oxygen atoms in total. The number of halogens is 1. The molecule has 0 saturated heterocycles. The van der Waals surface area contributed by atoms with Gasteiger partial charge < -0.3 is 22.7 Å². The van der Waals surface area contributed by atoms with Crippen LogP contribution in [0.25, 0.3) is 0 Å². The van der Waals surface area contributed by atoms with Crippen molar-refractivity contribution in [3.63, 3.8) is 0 Å². The average Bonchev–Trinajstić information content (AvgIpc) is 3.53. The van der Waals surface area contributed by atoms with Crippen LogP contribution in [-0.2, 0) is 16.8 Å². The van der Waals surface area contributed by atoms with Crippen LogP contribution in [0.3, 0.4) is 0 Å². The second kappa shape index (κ2) is 12.3. The molecule has 3 aromatic rings. The predicted molar refractivity (Wildman–Crippen MR) is 144 cm³/mol. The van der Waals surface area contributed by atoms with Crippen molar-refractivity contribution in [3.05, 3.63) is 102 Å². The molecule has 2 fully saturated rings. The lowest BCUT2D eigenvalue weighted by Crippen LogP contribution is -3.00. The number of benzene rings is 2. The molecule has 37 heavy (non-hydrogen) atoms. The number of amides is 1. The van der Waals surface area contributed by atoms with Crippen molar-refractivity contribution < 1.29 is 26.3 Å². The Bertz CT molecular complexity index is 1140. The van der Waals surface area contributed by atoms with E-state index >= 15 is 0 Å². The van der Waals surface area contributed by atoms with Crippen LogP contribution in [-0.4, -0.2) is 10.5 Å². The standard InChI is InChI=1S/C32H39N3O.BrH/c1-25-34(21-11-14-26-12-5-2-6-13-26)22-23-35(25)30-20-19-29(24-30)32(31(33)36,27-15-7-3-8-16-27)28-17-9-4-10-18-28;/h3-4,7-11,14-18,22-23,26,29-30H,2,5-6,12-13,19-21,24H2,1H3,(H-,33,36);1H/t29-,30+;/m0./s1. The molecule has 2 aromatic carbocycles. The molecule has 0 bridgehead atoms. The van der Waals surface area contributed by atoms with Crippen molar-refractivity contribution in [1.29, 1.82) is 0 Å². The SMILES string of the molecule is Cc1n([C@@H]2CC[C@H](C(C(N)=O)(c3ccccc3)c3ccccc3)C2)cc[n+]1CC=CC1CCCCC1.[Br-]. The maximum atomic E-state index is 13.4. The van der Waals surface area contributed by atoms with Gasteiger partial charge in [-0.05, 0) is 61.1 Å². The first kappa shape index (κ1) is 27.4. The zero-order chi connectivity index (χ0) is 25.0. The Morgan fingerprint density at radius 1 is 0.973 bits per heavy atom. The first-order valence-corrected chi connectivity index (χ1v) is 13.7. The molecule has 2 atom stereocenters. The number of hydrogen-bond acceptors (Lipinski definition) is 1. The highest BCUT2D eigenvalue weighted by molar-refractivity contribution is 5.91. The van der Waals surface area contributed by atoms with Crippen molar-refractivity contribution in [2.75, 3.05) is 0 Å². The van der Waals surface area contributed by atoms with Crippen molar-refractivity contribution in [1.82, 2.24) is 4.57 Å². The third kappa shape index (κ3) is 5.47. The van der Waals surface area contributed by atoms with Gasteiger partial charge in [-0.15, -0.1) is 0 Å². The van der Waals surface area contributed by atoms with E-state index in [-0.39, 0.29) is 28.8 Å². The Morgan fingerprint density at radius 3 is 2.19 bits per heavy atom. The van der Waals surface area contributed by atoms with Gasteiger partial charge in [0.25, 0.3) is 5.82 Å². The number of rotatable bonds is 8. The van der Waals surface area contributed by atoms with E-state index in [1.54, 1.807) is 0 Å². The summed E-state index contributed by atoms with van der Waals surface area (Å²) in [4.78, 5) is 13.4. The van der Waals surface area contributed by atoms with E-state index in [9.17, 15) is 4.79 Å². The van der Waals surface area contributed by atoms with E-state index in [1.807, 2.05) is 36.4 Å². The smallest absolute Gasteiger partial charge is 0.253 e. The summed E-state index contributed by atoms with van der Waals surface area (Å²) in [5.41, 5.74) is 7.47. The van der Waals surface area contributed by atoms with E-state index < -0.39 is 5.41 Å². The number of nitrogens with zero attached hydrogens (tertiary/aromatic N) is 2. The van der Waals surface area contributed by atoms with Crippen LogP contribution < -0.4 is 27.3 Å². The summed E-state index contributed by atoms with van der Waals surface area (Å²) in [5.74, 6) is 1.93. The minimum absolute atomic E-state index is 0. The number of aromatic nitrogens is 2. The number of nitrogens with two attached hydrogens (primary N) is 1. The largest absolute Gasteiger partial charge is 1.00 e. The molecular weight excluding hydrogens is 522 g/mol. The van der Waals surface area contributed by atoms with Crippen molar-refractivity contribution >= 4 is 5.91 Å². The summed E-state index contributed by atoms with van der Waals surface area (Å²) in [6, 6.07) is 20.7. The zero-order valence-electron chi connectivity index (χ0n) is 21.9. The second-order valence-corrected chi connectivity index (χ2v) is 10.8. The molecule has 0 aliphatic heterocycles. The van der Waals surface area contributed by atoms with Crippen molar-refractivity contribution in [2.45, 2.75) is 76.3 Å². The monoisotopic (exact) mass is 561 g/mol. The topological polar surface area (TPSA) is 51.9 Å². The van der Waals surface area contributed by atoms with E-state index in [1.165, 1.54) is 37.9 Å². The number of hydrogen-bond donors (Lipinski definition) is 1. The fourth-order valence-corrected chi connectivity index (χ4v) is 6.92. The minimum Gasteiger partial charge on any atom is -1.00 e. The molecule has 1 amide bonds. The first-order valence-electron chi connectivity index (χ1n) is 13.7. The van der Waals surface area contributed by atoms with Crippen LogP contribution in [0.5, 0.6) is 0 Å². The third-order valence-corrected chi connectivity index (χ3v) is 8.81. The Hall–Kier alpha value is -2.66. The van der Waals surface area contributed by atoms with Crippen LogP contribution in [0.1, 0.15) is 74.4 Å². The maximum absolute atomic E-state index is 13.4. The van der Waals surface area contributed by atoms with Gasteiger partial charge in [-0.2, -0.15) is 0 Å². The summed E-state index contributed by atoms with van der Waals surface area (Å²) in [6.45, 7) is 3.14. The molecular formula is C32H40BrN3O. The quantitative estimate of drug-likeness (QED) is 0.333. The van der Waals surface area contributed by atoms with Gasteiger partial charge in [0.15, 0.2) is 0 Å². The lowest BCUT2D eigenvalue weighted by Gasteiger charge is -2.37. The Labute approximate surface area is 232 Å². The number of imidazole rings is 1. The molecule has 1 aromatic heterocycles. The molecule has 0 spiro atoms. The molecule has 0 radical (unpaired) electrons. The highest BCUT2D eigenvalue weighted by atomic mass is 79.9. The zero-order valence-corrected chi connectivity index (χ0v) is 23.5. The average molecular weight is 563 g/mol. The van der Waals surface area contributed by atoms with Crippen LogP contribution in [0.2, 0.25) is 0 Å². The lowest BCUT2D eigenvalue weighted by atomic mass is 9.64. The van der Waals surface area contributed by atoms with Gasteiger partial charge in [0.1, 0.15) is 30.4 Å². The first-order chi connectivity index (χ1) is 17.6. The number of primary amides is 1. The van der Waals surface area contributed by atoms with Gasteiger partial charge in [-0.3, -0.25) is 4.79 Å². The van der Waals surface area contributed by atoms with Crippen LogP contribution >= 0.6 is 0 Å². The molecule has 2 saturated carbocycles. The van der Waals surface area contributed by atoms with E-state index in [0.717, 1.165) is 42.9 Å². The predicted octanol–water partition coefficient (Wildman–Crippen LogP) is 3.04. The molecule has 0 unspecified atom stereocenters. The molecule has 2 aliphatic carbocycles. The van der Waals surface area contributed by atoms with Gasteiger partial charge in [-0.1, -0.05) is 86.0 Å². The molecule has 2 N–H and O–H groups in total. The fraction of sp³-hybridized carbons (Fsp3) is 0.438. The maximum Gasteiger partial charge on any atom is 0.253 e. The van der Waals surface area contributed by atoms with Crippen LogP contribution in [0.4, 0.5) is 0 Å². The Kier molecular flexibility index (Phi) is 9.07. The summed E-state index contributed by atoms with van der Waals surface area (Å²) in [5, 5.41) is 0. The van der Waals surface area contributed by atoms with Crippen molar-refractivity contribution in [2.24, 2.45) is 17.6 Å². The molecule has 196 valence electrons. The van der Waals surface area contributed by atoms with Crippen LogP contribution in [0, 0.1) is 18.8 Å². The van der Waals surface area contributed by atoms with Gasteiger partial charge in [0.05, 0.1) is 0 Å². The minimum atomic E-state index is -0.822. The molecule has 5 heteroatoms. The second-order valence-electron chi connectivity index (χ2n) is 10.8. The highest BCUT2D eigenvalue weighted by Crippen LogP contribution is 2.49. The Balaban J connectivity index is 0.00000320. The highest BCUT2D eigenvalue weighted by Gasteiger charge is 2.51. The summed E-state index contributed by atoms with van der Waals surface area (Å²) in [7, 11) is 0. The van der Waals surface area contributed by atoms with Gasteiger partial charge in [-0.25, -0.2) is 9.13 Å². The number of carbonyl (C=O) groups is 1. The summed E-state index contributed by atoms with van der Waals surface area (Å²) < 4.78 is 4.78. The summed E-state index contributed by atoms with van der Waals surface area (Å²) in [6.07, 6.45) is 19.0. The molecule has 2 aliphatic rings. The fourth-order valence-electron chi connectivity index (χ4n) is 6.92. The van der Waals surface area contributed by atoms with E-state index in [0.29, 0.717) is 6.04 Å². The lowest BCUT2D eigenvalue weighted by molar-refractivity contribution is -0.692. The number of carbonyl (C=O) groups excluding carboxylic acids is 1. The van der Waals surface area contributed by atoms with Crippen molar-refractivity contribution in [3.8, 4) is 0 Å². The number of allylic oxidation sites excluding steroid dienone is 2. The normalized spacial score (nSPS) is 20.7. The Morgan fingerprint density at radius 2 is 1.59 bits per heavy atom. The van der Waals surface area contributed by atoms with Gasteiger partial charge in [0, 0.05) is 6.92 Å². The van der Waals surface area contributed by atoms with Gasteiger partial charge >= 0.3 is 0 Å². The third-order valence-electron chi connectivity index (χ3n) is 8.81. The van der Waals surface area contributed by atoms with Crippen LogP contribution in [0.15, 0.2) is 85.2 Å².